The van der Waals surface area contributed by atoms with E-state index in [9.17, 15) is 0 Å². The molecule has 1 saturated heterocycles. The number of aromatic nitrogens is 3. The van der Waals surface area contributed by atoms with E-state index in [1.165, 1.54) is 12.5 Å². The molecule has 26 heavy (non-hydrogen) atoms. The number of hydrogen-bond acceptors (Lipinski definition) is 8. The van der Waals surface area contributed by atoms with Crippen LogP contribution in [0.25, 0.3) is 0 Å². The molecule has 4 rings (SSSR count). The molecule has 2 aromatic heterocycles. The molecule has 8 heteroatoms. The van der Waals surface area contributed by atoms with E-state index in [0.717, 1.165) is 31.7 Å². The van der Waals surface area contributed by atoms with Crippen LogP contribution in [-0.2, 0) is 4.74 Å². The van der Waals surface area contributed by atoms with Gasteiger partial charge < -0.3 is 20.1 Å². The van der Waals surface area contributed by atoms with Crippen molar-refractivity contribution in [3.05, 3.63) is 35.9 Å². The Morgan fingerprint density at radius 2 is 2.00 bits per heavy atom. The van der Waals surface area contributed by atoms with Crippen molar-refractivity contribution < 1.29 is 9.47 Å². The fraction of sp³-hybridized carbons (Fsp3) is 0.444. The molecule has 1 aliphatic heterocycles. The van der Waals surface area contributed by atoms with E-state index in [0.29, 0.717) is 36.0 Å². The Morgan fingerprint density at radius 1 is 1.23 bits per heavy atom. The minimum Gasteiger partial charge on any atom is -0.471 e. The molecule has 3 N–H and O–H groups in total. The Bertz CT molecular complexity index is 830. The fourth-order valence-corrected chi connectivity index (χ4v) is 2.84. The number of anilines is 2. The van der Waals surface area contributed by atoms with Gasteiger partial charge in [-0.15, -0.1) is 0 Å². The van der Waals surface area contributed by atoms with Gasteiger partial charge in [-0.3, -0.25) is 5.41 Å². The molecule has 0 aromatic carbocycles. The van der Waals surface area contributed by atoms with Crippen molar-refractivity contribution in [3.8, 4) is 5.88 Å². The maximum absolute atomic E-state index is 8.57. The second-order valence-corrected chi connectivity index (χ2v) is 6.90. The lowest BCUT2D eigenvalue weighted by molar-refractivity contribution is 0.122. The first-order valence-corrected chi connectivity index (χ1v) is 8.73. The van der Waals surface area contributed by atoms with Crippen LogP contribution in [-0.4, -0.2) is 52.6 Å². The summed E-state index contributed by atoms with van der Waals surface area (Å²) >= 11 is 0. The lowest BCUT2D eigenvalue weighted by Gasteiger charge is -2.27. The highest BCUT2D eigenvalue weighted by molar-refractivity contribution is 6.13. The number of nitrogens with two attached hydrogens (primary N) is 1. The summed E-state index contributed by atoms with van der Waals surface area (Å²) < 4.78 is 11.3. The Hall–Kier alpha value is -2.74. The monoisotopic (exact) mass is 354 g/mol. The van der Waals surface area contributed by atoms with E-state index < -0.39 is 0 Å². The van der Waals surface area contributed by atoms with E-state index in [-0.39, 0.29) is 11.3 Å². The summed E-state index contributed by atoms with van der Waals surface area (Å²) in [6, 6.07) is 3.54. The molecule has 1 aliphatic carbocycles. The highest BCUT2D eigenvalue weighted by atomic mass is 16.5. The molecule has 0 bridgehead atoms. The Morgan fingerprint density at radius 3 is 2.73 bits per heavy atom. The molecular formula is C18H22N6O2. The molecule has 0 unspecified atom stereocenters. The van der Waals surface area contributed by atoms with Crippen molar-refractivity contribution in [2.24, 2.45) is 0 Å². The smallest absolute Gasteiger partial charge is 0.214 e. The topological polar surface area (TPSA) is 110 Å². The summed E-state index contributed by atoms with van der Waals surface area (Å²) in [5.74, 6) is 1.28. The lowest BCUT2D eigenvalue weighted by atomic mass is 10.1. The first-order chi connectivity index (χ1) is 12.5. The predicted octanol–water partition coefficient (Wildman–Crippen LogP) is 1.64. The number of pyridine rings is 1. The third kappa shape index (κ3) is 3.45. The van der Waals surface area contributed by atoms with Gasteiger partial charge in [-0.2, -0.15) is 0 Å². The van der Waals surface area contributed by atoms with Gasteiger partial charge in [-0.25, -0.2) is 15.0 Å². The van der Waals surface area contributed by atoms with Crippen molar-refractivity contribution in [3.63, 3.8) is 0 Å². The Balaban J connectivity index is 1.59. The van der Waals surface area contributed by atoms with Crippen LogP contribution in [0.15, 0.2) is 24.7 Å². The maximum Gasteiger partial charge on any atom is 0.214 e. The summed E-state index contributed by atoms with van der Waals surface area (Å²) in [6.07, 6.45) is 5.05. The van der Waals surface area contributed by atoms with Crippen molar-refractivity contribution in [1.29, 1.82) is 5.41 Å². The third-order valence-corrected chi connectivity index (χ3v) is 4.73. The predicted molar refractivity (Wildman–Crippen MR) is 97.9 cm³/mol. The average Bonchev–Trinajstić information content (AvgIpc) is 3.40. The largest absolute Gasteiger partial charge is 0.471 e. The van der Waals surface area contributed by atoms with Gasteiger partial charge in [0.15, 0.2) is 0 Å². The van der Waals surface area contributed by atoms with Crippen LogP contribution in [0.2, 0.25) is 0 Å². The maximum atomic E-state index is 8.57. The highest BCUT2D eigenvalue weighted by Crippen LogP contribution is 2.39. The number of nitrogen functional groups attached to an aromatic ring is 1. The van der Waals surface area contributed by atoms with Gasteiger partial charge in [0.2, 0.25) is 5.88 Å². The van der Waals surface area contributed by atoms with Gasteiger partial charge >= 0.3 is 0 Å². The molecular weight excluding hydrogens is 332 g/mol. The fourth-order valence-electron chi connectivity index (χ4n) is 2.84. The molecule has 0 radical (unpaired) electrons. The van der Waals surface area contributed by atoms with Gasteiger partial charge in [0.1, 0.15) is 17.7 Å². The lowest BCUT2D eigenvalue weighted by Crippen LogP contribution is -2.36. The normalized spacial score (nSPS) is 18.4. The van der Waals surface area contributed by atoms with Crippen LogP contribution in [0.4, 0.5) is 11.5 Å². The molecule has 0 atom stereocenters. The first kappa shape index (κ1) is 16.7. The van der Waals surface area contributed by atoms with Gasteiger partial charge in [0, 0.05) is 30.8 Å². The van der Waals surface area contributed by atoms with Crippen molar-refractivity contribution in [2.75, 3.05) is 36.9 Å². The van der Waals surface area contributed by atoms with Crippen LogP contribution in [0.1, 0.15) is 31.0 Å². The molecule has 0 spiro atoms. The van der Waals surface area contributed by atoms with Crippen LogP contribution in [0.3, 0.4) is 0 Å². The van der Waals surface area contributed by atoms with Crippen LogP contribution in [0.5, 0.6) is 5.88 Å². The highest BCUT2D eigenvalue weighted by Gasteiger charge is 2.40. The quantitative estimate of drug-likeness (QED) is 0.785. The number of nitrogens with one attached hydrogen (secondary N) is 1. The molecule has 1 saturated carbocycles. The van der Waals surface area contributed by atoms with Crippen LogP contribution >= 0.6 is 0 Å². The zero-order chi connectivity index (χ0) is 18.1. The van der Waals surface area contributed by atoms with Crippen molar-refractivity contribution in [1.82, 2.24) is 15.0 Å². The minimum absolute atomic E-state index is 0.138. The van der Waals surface area contributed by atoms with E-state index in [4.69, 9.17) is 20.6 Å². The summed E-state index contributed by atoms with van der Waals surface area (Å²) in [5, 5.41) is 8.57. The third-order valence-electron chi connectivity index (χ3n) is 4.73. The molecule has 2 fully saturated rings. The van der Waals surface area contributed by atoms with E-state index in [1.807, 2.05) is 6.07 Å². The molecule has 0 amide bonds. The molecule has 8 nitrogen and oxygen atoms in total. The summed E-state index contributed by atoms with van der Waals surface area (Å²) in [7, 11) is 0. The van der Waals surface area contributed by atoms with Crippen LogP contribution in [0, 0.1) is 5.41 Å². The van der Waals surface area contributed by atoms with E-state index >= 15 is 0 Å². The zero-order valence-corrected chi connectivity index (χ0v) is 14.7. The number of nitrogens with zero attached hydrogens (tertiary/aromatic N) is 4. The van der Waals surface area contributed by atoms with Gasteiger partial charge in [-0.1, -0.05) is 0 Å². The Kier molecular flexibility index (Phi) is 4.20. The minimum atomic E-state index is -0.138. The second kappa shape index (κ2) is 6.53. The number of ether oxygens (including phenoxy) is 2. The Labute approximate surface area is 151 Å². The summed E-state index contributed by atoms with van der Waals surface area (Å²) in [5.41, 5.74) is 7.65. The van der Waals surface area contributed by atoms with Crippen molar-refractivity contribution in [2.45, 2.75) is 25.4 Å². The SMILES string of the molecule is CC1(Oc2cc(C(=N)c3cc(N4CCOCC4)ncn3)c(N)cn2)CC1. The molecule has 2 aliphatic rings. The molecule has 2 aromatic rings. The van der Waals surface area contributed by atoms with Crippen LogP contribution < -0.4 is 15.4 Å². The summed E-state index contributed by atoms with van der Waals surface area (Å²) in [4.78, 5) is 14.9. The first-order valence-electron chi connectivity index (χ1n) is 8.73. The average molecular weight is 354 g/mol. The zero-order valence-electron chi connectivity index (χ0n) is 14.7. The van der Waals surface area contributed by atoms with Gasteiger partial charge in [-0.05, 0) is 19.8 Å². The van der Waals surface area contributed by atoms with E-state index in [1.54, 1.807) is 6.07 Å². The van der Waals surface area contributed by atoms with E-state index in [2.05, 4.69) is 26.8 Å². The number of rotatable bonds is 5. The number of morpholine rings is 1. The van der Waals surface area contributed by atoms with Gasteiger partial charge in [0.25, 0.3) is 0 Å². The molecule has 3 heterocycles. The molecule has 136 valence electrons. The summed E-state index contributed by atoms with van der Waals surface area (Å²) in [6.45, 7) is 4.95. The van der Waals surface area contributed by atoms with Gasteiger partial charge in [0.05, 0.1) is 36.5 Å². The second-order valence-electron chi connectivity index (χ2n) is 6.90. The standard InChI is InChI=1S/C18H22N6O2/c1-18(2-3-18)26-16-8-12(13(19)10-21-16)17(20)14-9-15(23-11-22-14)24-4-6-25-7-5-24/h8-11,20H,2-7,19H2,1H3. The van der Waals surface area contributed by atoms with Crippen molar-refractivity contribution >= 4 is 17.2 Å². The number of hydrogen-bond donors (Lipinski definition) is 2.